The van der Waals surface area contributed by atoms with Gasteiger partial charge in [-0.25, -0.2) is 0 Å². The Balaban J connectivity index is 2.73. The smallest absolute Gasteiger partial charge is 0.324 e. The fraction of sp³-hybridized carbons (Fsp3) is 0.500. The molecule has 1 aromatic rings. The first-order valence-electron chi connectivity index (χ1n) is 4.13. The number of thiophene rings is 1. The van der Waals surface area contributed by atoms with Crippen LogP contribution in [0.15, 0.2) is 11.4 Å². The molecule has 4 nitrogen and oxygen atoms in total. The van der Waals surface area contributed by atoms with E-state index in [0.717, 1.165) is 29.7 Å². The summed E-state index contributed by atoms with van der Waals surface area (Å²) < 4.78 is 0. The van der Waals surface area contributed by atoms with Gasteiger partial charge in [0.15, 0.2) is 0 Å². The van der Waals surface area contributed by atoms with Crippen LogP contribution in [0.5, 0.6) is 0 Å². The standard InChI is InChI=1S/C8H12N2O2S/c1-2-3-7(9)6-4-8(10(11)12)13-5-6/h4-5,7H,2-3,9H2,1H3/t7-/m1/s1. The Labute approximate surface area is 80.5 Å². The summed E-state index contributed by atoms with van der Waals surface area (Å²) in [7, 11) is 0. The van der Waals surface area contributed by atoms with Crippen molar-refractivity contribution >= 4 is 16.3 Å². The molecular weight excluding hydrogens is 188 g/mol. The van der Waals surface area contributed by atoms with Gasteiger partial charge in [-0.2, -0.15) is 0 Å². The van der Waals surface area contributed by atoms with Crippen molar-refractivity contribution in [3.8, 4) is 0 Å². The van der Waals surface area contributed by atoms with Crippen LogP contribution in [0.1, 0.15) is 31.4 Å². The lowest BCUT2D eigenvalue weighted by Gasteiger charge is -2.05. The SMILES string of the molecule is CCC[C@@H](N)c1csc([N+](=O)[O-])c1. The van der Waals surface area contributed by atoms with E-state index < -0.39 is 0 Å². The molecule has 0 saturated heterocycles. The normalized spacial score (nSPS) is 12.8. The van der Waals surface area contributed by atoms with E-state index in [4.69, 9.17) is 5.73 Å². The lowest BCUT2D eigenvalue weighted by Crippen LogP contribution is -2.08. The first-order chi connectivity index (χ1) is 6.15. The maximum absolute atomic E-state index is 10.4. The third-order valence-electron chi connectivity index (χ3n) is 1.81. The first-order valence-corrected chi connectivity index (χ1v) is 5.01. The van der Waals surface area contributed by atoms with Gasteiger partial charge in [0.05, 0.1) is 4.92 Å². The summed E-state index contributed by atoms with van der Waals surface area (Å²) in [6.07, 6.45) is 1.86. The van der Waals surface area contributed by atoms with Crippen LogP contribution in [0.3, 0.4) is 0 Å². The summed E-state index contributed by atoms with van der Waals surface area (Å²) in [5.41, 5.74) is 6.68. The van der Waals surface area contributed by atoms with E-state index >= 15 is 0 Å². The number of rotatable bonds is 4. The van der Waals surface area contributed by atoms with Crippen molar-refractivity contribution in [3.05, 3.63) is 27.1 Å². The lowest BCUT2D eigenvalue weighted by atomic mass is 10.1. The summed E-state index contributed by atoms with van der Waals surface area (Å²) in [4.78, 5) is 9.99. The highest BCUT2D eigenvalue weighted by atomic mass is 32.1. The second-order valence-corrected chi connectivity index (χ2v) is 3.76. The Morgan fingerprint density at radius 1 is 1.77 bits per heavy atom. The third kappa shape index (κ3) is 2.50. The van der Waals surface area contributed by atoms with Gasteiger partial charge < -0.3 is 5.73 Å². The maximum atomic E-state index is 10.4. The molecule has 72 valence electrons. The maximum Gasteiger partial charge on any atom is 0.324 e. The Morgan fingerprint density at radius 2 is 2.46 bits per heavy atom. The molecule has 0 aromatic carbocycles. The number of nitrogens with zero attached hydrogens (tertiary/aromatic N) is 1. The van der Waals surface area contributed by atoms with E-state index in [9.17, 15) is 10.1 Å². The zero-order valence-electron chi connectivity index (χ0n) is 7.40. The van der Waals surface area contributed by atoms with Crippen LogP contribution in [0.4, 0.5) is 5.00 Å². The van der Waals surface area contributed by atoms with Crippen LogP contribution < -0.4 is 5.73 Å². The quantitative estimate of drug-likeness (QED) is 0.599. The molecular formula is C8H12N2O2S. The molecule has 0 fully saturated rings. The molecule has 1 atom stereocenters. The van der Waals surface area contributed by atoms with Crippen molar-refractivity contribution in [1.82, 2.24) is 0 Å². The predicted octanol–water partition coefficient (Wildman–Crippen LogP) is 2.46. The monoisotopic (exact) mass is 200 g/mol. The van der Waals surface area contributed by atoms with Gasteiger partial charge in [-0.05, 0) is 12.0 Å². The van der Waals surface area contributed by atoms with E-state index in [1.54, 1.807) is 11.4 Å². The fourth-order valence-electron chi connectivity index (χ4n) is 1.11. The van der Waals surface area contributed by atoms with Gasteiger partial charge in [-0.1, -0.05) is 24.7 Å². The fourth-order valence-corrected chi connectivity index (χ4v) is 1.90. The van der Waals surface area contributed by atoms with E-state index in [1.165, 1.54) is 0 Å². The second kappa shape index (κ2) is 4.34. The van der Waals surface area contributed by atoms with Crippen molar-refractivity contribution < 1.29 is 4.92 Å². The van der Waals surface area contributed by atoms with Crippen LogP contribution in [0, 0.1) is 10.1 Å². The highest BCUT2D eigenvalue weighted by Gasteiger charge is 2.13. The van der Waals surface area contributed by atoms with Gasteiger partial charge in [0, 0.05) is 17.5 Å². The minimum atomic E-state index is -0.382. The molecule has 13 heavy (non-hydrogen) atoms. The number of hydrogen-bond acceptors (Lipinski definition) is 4. The minimum absolute atomic E-state index is 0.0602. The third-order valence-corrected chi connectivity index (χ3v) is 2.71. The lowest BCUT2D eigenvalue weighted by molar-refractivity contribution is -0.380. The van der Waals surface area contributed by atoms with Crippen LogP contribution in [-0.2, 0) is 0 Å². The molecule has 0 aliphatic heterocycles. The average molecular weight is 200 g/mol. The Bertz CT molecular complexity index is 298. The molecule has 0 unspecified atom stereocenters. The highest BCUT2D eigenvalue weighted by molar-refractivity contribution is 7.13. The molecule has 0 bridgehead atoms. The van der Waals surface area contributed by atoms with Crippen LogP contribution in [0.2, 0.25) is 0 Å². The molecule has 0 radical (unpaired) electrons. The van der Waals surface area contributed by atoms with Crippen molar-refractivity contribution in [3.63, 3.8) is 0 Å². The number of nitro groups is 1. The molecule has 5 heteroatoms. The Hall–Kier alpha value is -0.940. The summed E-state index contributed by atoms with van der Waals surface area (Å²) in [5, 5.41) is 12.3. The number of nitrogens with two attached hydrogens (primary N) is 1. The largest absolute Gasteiger partial charge is 0.324 e. The van der Waals surface area contributed by atoms with E-state index in [-0.39, 0.29) is 16.0 Å². The first kappa shape index (κ1) is 10.1. The summed E-state index contributed by atoms with van der Waals surface area (Å²) in [5.74, 6) is 0. The topological polar surface area (TPSA) is 69.2 Å². The molecule has 0 amide bonds. The van der Waals surface area contributed by atoms with Gasteiger partial charge in [0.2, 0.25) is 0 Å². The van der Waals surface area contributed by atoms with Gasteiger partial charge in [-0.3, -0.25) is 10.1 Å². The minimum Gasteiger partial charge on any atom is -0.324 e. The Kier molecular flexibility index (Phi) is 3.39. The molecule has 1 aromatic heterocycles. The van der Waals surface area contributed by atoms with E-state index in [2.05, 4.69) is 0 Å². The van der Waals surface area contributed by atoms with Crippen LogP contribution in [0.25, 0.3) is 0 Å². The zero-order chi connectivity index (χ0) is 9.84. The van der Waals surface area contributed by atoms with Crippen molar-refractivity contribution in [1.29, 1.82) is 0 Å². The van der Waals surface area contributed by atoms with Crippen LogP contribution >= 0.6 is 11.3 Å². The van der Waals surface area contributed by atoms with Crippen LogP contribution in [-0.4, -0.2) is 4.92 Å². The molecule has 1 heterocycles. The molecule has 0 aliphatic rings. The molecule has 2 N–H and O–H groups in total. The van der Waals surface area contributed by atoms with Gasteiger partial charge in [0.1, 0.15) is 0 Å². The van der Waals surface area contributed by atoms with Gasteiger partial charge in [0.25, 0.3) is 0 Å². The predicted molar refractivity (Wildman–Crippen MR) is 52.8 cm³/mol. The van der Waals surface area contributed by atoms with Gasteiger partial charge in [-0.15, -0.1) is 0 Å². The summed E-state index contributed by atoms with van der Waals surface area (Å²) in [6, 6.07) is 1.50. The highest BCUT2D eigenvalue weighted by Crippen LogP contribution is 2.27. The van der Waals surface area contributed by atoms with Crippen molar-refractivity contribution in [2.45, 2.75) is 25.8 Å². The van der Waals surface area contributed by atoms with Gasteiger partial charge >= 0.3 is 5.00 Å². The Morgan fingerprint density at radius 3 is 2.92 bits per heavy atom. The van der Waals surface area contributed by atoms with E-state index in [1.807, 2.05) is 6.92 Å². The molecule has 0 saturated carbocycles. The zero-order valence-corrected chi connectivity index (χ0v) is 8.21. The average Bonchev–Trinajstić information content (AvgIpc) is 2.52. The number of hydrogen-bond donors (Lipinski definition) is 1. The summed E-state index contributed by atoms with van der Waals surface area (Å²) in [6.45, 7) is 2.04. The van der Waals surface area contributed by atoms with Crippen molar-refractivity contribution in [2.24, 2.45) is 5.73 Å². The summed E-state index contributed by atoms with van der Waals surface area (Å²) >= 11 is 1.13. The van der Waals surface area contributed by atoms with E-state index in [0.29, 0.717) is 0 Å². The van der Waals surface area contributed by atoms with Crippen molar-refractivity contribution in [2.75, 3.05) is 0 Å². The second-order valence-electron chi connectivity index (χ2n) is 2.87. The molecule has 0 aliphatic carbocycles. The molecule has 0 spiro atoms. The molecule has 1 rings (SSSR count).